The second-order valence-electron chi connectivity index (χ2n) is 4.98. The monoisotopic (exact) mass is 392 g/mol. The fourth-order valence-corrected chi connectivity index (χ4v) is 1.80. The third-order valence-corrected chi connectivity index (χ3v) is 3.03. The summed E-state index contributed by atoms with van der Waals surface area (Å²) in [5.41, 5.74) is 5.41. The first-order valence-corrected chi connectivity index (χ1v) is 8.53. The van der Waals surface area contributed by atoms with Crippen molar-refractivity contribution in [1.29, 1.82) is 0 Å². The van der Waals surface area contributed by atoms with Gasteiger partial charge in [0.2, 0.25) is 0 Å². The minimum atomic E-state index is 0. The molecule has 0 aliphatic carbocycles. The zero-order chi connectivity index (χ0) is 18.4. The van der Waals surface area contributed by atoms with Crippen LogP contribution in [-0.4, -0.2) is 97.1 Å². The first-order valence-electron chi connectivity index (χ1n) is 8.53. The lowest BCUT2D eigenvalue weighted by Crippen LogP contribution is -2.34. The first kappa shape index (κ1) is 27.3. The van der Waals surface area contributed by atoms with Crippen molar-refractivity contribution in [3.8, 4) is 24.7 Å². The van der Waals surface area contributed by atoms with Gasteiger partial charge in [-0.1, -0.05) is 11.8 Å². The summed E-state index contributed by atoms with van der Waals surface area (Å²) in [6.45, 7) is 8.04. The Morgan fingerprint density at radius 2 is 1.00 bits per heavy atom. The molecule has 0 aromatic rings. The number of ether oxygens (including phenoxy) is 5. The van der Waals surface area contributed by atoms with Crippen LogP contribution in [0.25, 0.3) is 0 Å². The summed E-state index contributed by atoms with van der Waals surface area (Å²) in [6.07, 6.45) is 10.2. The Balaban J connectivity index is 0. The molecule has 0 aromatic heterocycles. The van der Waals surface area contributed by atoms with Gasteiger partial charge in [0.05, 0.1) is 52.9 Å². The highest BCUT2D eigenvalue weighted by Crippen LogP contribution is 1.92. The summed E-state index contributed by atoms with van der Waals surface area (Å²) in [4.78, 5) is 2.22. The predicted octanol–water partition coefficient (Wildman–Crippen LogP) is 0.0183. The molecule has 0 saturated heterocycles. The van der Waals surface area contributed by atoms with E-state index in [-0.39, 0.29) is 12.4 Å². The van der Waals surface area contributed by atoms with Crippen LogP contribution in [0.1, 0.15) is 0 Å². The Hall–Kier alpha value is -0.870. The van der Waals surface area contributed by atoms with E-state index in [1.165, 1.54) is 0 Å². The second kappa shape index (κ2) is 24.1. The molecule has 0 unspecified atom stereocenters. The lowest BCUT2D eigenvalue weighted by molar-refractivity contribution is 0.0241. The Kier molecular flexibility index (Phi) is 25.4. The standard InChI is InChI=1S/C18H32N2O5.ClH/c1-3-9-21-15-17-24-13-7-20(6-12-23-11-5-19)8-14-25-18-16-22-10-4-2;/h1-2H,5-19H2;1H. The number of hydrogen-bond donors (Lipinski definition) is 1. The van der Waals surface area contributed by atoms with E-state index in [0.717, 1.165) is 19.6 Å². The fourth-order valence-electron chi connectivity index (χ4n) is 1.80. The minimum Gasteiger partial charge on any atom is -0.379 e. The maximum Gasteiger partial charge on any atom is 0.107 e. The molecule has 0 spiro atoms. The molecular formula is C18H33ClN2O5. The molecule has 0 aliphatic rings. The molecule has 7 nitrogen and oxygen atoms in total. The molecule has 0 rings (SSSR count). The molecule has 0 saturated carbocycles. The molecule has 0 bridgehead atoms. The number of halogens is 1. The highest BCUT2D eigenvalue weighted by atomic mass is 35.5. The Morgan fingerprint density at radius 3 is 1.38 bits per heavy atom. The highest BCUT2D eigenvalue weighted by Gasteiger charge is 2.05. The van der Waals surface area contributed by atoms with Crippen molar-refractivity contribution in [3.05, 3.63) is 0 Å². The summed E-state index contributed by atoms with van der Waals surface area (Å²) in [5.74, 6) is 4.83. The normalized spacial score (nSPS) is 10.3. The molecule has 152 valence electrons. The molecule has 0 fully saturated rings. The van der Waals surface area contributed by atoms with Crippen LogP contribution in [0, 0.1) is 24.7 Å². The van der Waals surface area contributed by atoms with Gasteiger partial charge in [0.1, 0.15) is 13.2 Å². The van der Waals surface area contributed by atoms with Crippen LogP contribution in [0.4, 0.5) is 0 Å². The quantitative estimate of drug-likeness (QED) is 0.245. The Morgan fingerprint density at radius 1 is 0.615 bits per heavy atom. The minimum absolute atomic E-state index is 0. The van der Waals surface area contributed by atoms with Gasteiger partial charge >= 0.3 is 0 Å². The van der Waals surface area contributed by atoms with Gasteiger partial charge in [-0.15, -0.1) is 25.3 Å². The van der Waals surface area contributed by atoms with Crippen LogP contribution in [0.2, 0.25) is 0 Å². The second-order valence-corrected chi connectivity index (χ2v) is 4.98. The topological polar surface area (TPSA) is 75.4 Å². The molecule has 0 atom stereocenters. The predicted molar refractivity (Wildman–Crippen MR) is 105 cm³/mol. The summed E-state index contributed by atoms with van der Waals surface area (Å²) in [7, 11) is 0. The van der Waals surface area contributed by atoms with Crippen LogP contribution in [0.5, 0.6) is 0 Å². The van der Waals surface area contributed by atoms with Gasteiger partial charge in [0.25, 0.3) is 0 Å². The zero-order valence-electron chi connectivity index (χ0n) is 15.5. The van der Waals surface area contributed by atoms with Crippen LogP contribution >= 0.6 is 12.4 Å². The lowest BCUT2D eigenvalue weighted by Gasteiger charge is -2.22. The average Bonchev–Trinajstić information content (AvgIpc) is 2.63. The molecule has 0 aromatic carbocycles. The van der Waals surface area contributed by atoms with E-state index < -0.39 is 0 Å². The van der Waals surface area contributed by atoms with Crippen molar-refractivity contribution in [2.75, 3.05) is 92.2 Å². The third kappa shape index (κ3) is 21.2. The van der Waals surface area contributed by atoms with E-state index >= 15 is 0 Å². The van der Waals surface area contributed by atoms with Crippen molar-refractivity contribution >= 4 is 12.4 Å². The van der Waals surface area contributed by atoms with Gasteiger partial charge < -0.3 is 29.4 Å². The SMILES string of the molecule is C#CCOCCOCCN(CCOCCN)CCOCCOCC#C.Cl. The largest absolute Gasteiger partial charge is 0.379 e. The van der Waals surface area contributed by atoms with E-state index in [4.69, 9.17) is 42.3 Å². The van der Waals surface area contributed by atoms with Crippen molar-refractivity contribution in [2.24, 2.45) is 5.73 Å². The third-order valence-electron chi connectivity index (χ3n) is 3.03. The number of terminal acetylenes is 2. The number of rotatable bonds is 19. The van der Waals surface area contributed by atoms with Crippen LogP contribution < -0.4 is 5.73 Å². The summed E-state index contributed by atoms with van der Waals surface area (Å²) in [5, 5.41) is 0. The number of nitrogens with zero attached hydrogens (tertiary/aromatic N) is 1. The maximum absolute atomic E-state index is 5.53. The first-order chi connectivity index (χ1) is 12.3. The maximum atomic E-state index is 5.53. The van der Waals surface area contributed by atoms with Gasteiger partial charge in [0.15, 0.2) is 0 Å². The fraction of sp³-hybridized carbons (Fsp3) is 0.778. The smallest absolute Gasteiger partial charge is 0.107 e. The van der Waals surface area contributed by atoms with Crippen LogP contribution in [0.3, 0.4) is 0 Å². The van der Waals surface area contributed by atoms with Crippen molar-refractivity contribution in [2.45, 2.75) is 0 Å². The van der Waals surface area contributed by atoms with E-state index in [0.29, 0.717) is 72.6 Å². The van der Waals surface area contributed by atoms with Gasteiger partial charge in [-0.05, 0) is 0 Å². The van der Waals surface area contributed by atoms with E-state index in [1.807, 2.05) is 0 Å². The van der Waals surface area contributed by atoms with Crippen molar-refractivity contribution in [1.82, 2.24) is 4.90 Å². The van der Waals surface area contributed by atoms with E-state index in [1.54, 1.807) is 0 Å². The van der Waals surface area contributed by atoms with E-state index in [9.17, 15) is 0 Å². The zero-order valence-corrected chi connectivity index (χ0v) is 16.3. The summed E-state index contributed by atoms with van der Waals surface area (Å²) >= 11 is 0. The molecule has 8 heteroatoms. The Bertz CT molecular complexity index is 332. The van der Waals surface area contributed by atoms with E-state index in [2.05, 4.69) is 16.7 Å². The molecule has 0 radical (unpaired) electrons. The number of nitrogens with two attached hydrogens (primary N) is 1. The molecule has 0 heterocycles. The molecular weight excluding hydrogens is 360 g/mol. The molecule has 2 N–H and O–H groups in total. The van der Waals surface area contributed by atoms with Crippen LogP contribution in [-0.2, 0) is 23.7 Å². The van der Waals surface area contributed by atoms with Gasteiger partial charge in [-0.3, -0.25) is 4.90 Å². The summed E-state index contributed by atoms with van der Waals surface area (Å²) < 4.78 is 26.8. The average molecular weight is 393 g/mol. The molecule has 26 heavy (non-hydrogen) atoms. The summed E-state index contributed by atoms with van der Waals surface area (Å²) in [6, 6.07) is 0. The van der Waals surface area contributed by atoms with Crippen molar-refractivity contribution in [3.63, 3.8) is 0 Å². The van der Waals surface area contributed by atoms with Crippen molar-refractivity contribution < 1.29 is 23.7 Å². The lowest BCUT2D eigenvalue weighted by atomic mass is 10.4. The van der Waals surface area contributed by atoms with Crippen LogP contribution in [0.15, 0.2) is 0 Å². The number of hydrogen-bond acceptors (Lipinski definition) is 7. The van der Waals surface area contributed by atoms with Gasteiger partial charge in [-0.2, -0.15) is 0 Å². The Labute approximate surface area is 164 Å². The highest BCUT2D eigenvalue weighted by molar-refractivity contribution is 5.85. The van der Waals surface area contributed by atoms with Gasteiger partial charge in [0, 0.05) is 26.2 Å². The van der Waals surface area contributed by atoms with Gasteiger partial charge in [-0.25, -0.2) is 0 Å². The molecule has 0 aliphatic heterocycles. The molecule has 0 amide bonds.